The Morgan fingerprint density at radius 1 is 1.12 bits per heavy atom. The maximum Gasteiger partial charge on any atom is 0.291 e. The van der Waals surface area contributed by atoms with Crippen molar-refractivity contribution in [3.05, 3.63) is 79.0 Å². The minimum Gasteiger partial charge on any atom is -0.266 e. The van der Waals surface area contributed by atoms with Crippen molar-refractivity contribution in [1.29, 1.82) is 0 Å². The van der Waals surface area contributed by atoms with E-state index in [0.717, 1.165) is 15.6 Å². The second-order valence-corrected chi connectivity index (χ2v) is 7.30. The Hall–Kier alpha value is -2.31. The SMILES string of the molecule is Cc1ccc(-c2nc3sc(=Cc4ccccc4Br)c(=O)n3n2)cc1. The van der Waals surface area contributed by atoms with E-state index >= 15 is 0 Å². The van der Waals surface area contributed by atoms with Gasteiger partial charge in [0.2, 0.25) is 4.96 Å². The van der Waals surface area contributed by atoms with Gasteiger partial charge in [-0.05, 0) is 24.6 Å². The molecule has 0 atom stereocenters. The Kier molecular flexibility index (Phi) is 3.78. The van der Waals surface area contributed by atoms with Gasteiger partial charge in [-0.15, -0.1) is 5.10 Å². The molecule has 0 unspecified atom stereocenters. The molecule has 2 aromatic carbocycles. The summed E-state index contributed by atoms with van der Waals surface area (Å²) in [5.41, 5.74) is 2.90. The molecule has 0 aliphatic heterocycles. The lowest BCUT2D eigenvalue weighted by atomic mass is 10.1. The molecular weight excluding hydrogens is 386 g/mol. The average Bonchev–Trinajstić information content (AvgIpc) is 3.11. The minimum atomic E-state index is -0.142. The van der Waals surface area contributed by atoms with Gasteiger partial charge in [0, 0.05) is 10.0 Å². The van der Waals surface area contributed by atoms with Crippen molar-refractivity contribution in [1.82, 2.24) is 14.6 Å². The van der Waals surface area contributed by atoms with E-state index in [9.17, 15) is 4.79 Å². The smallest absolute Gasteiger partial charge is 0.266 e. The zero-order valence-corrected chi connectivity index (χ0v) is 15.1. The molecule has 4 aromatic rings. The molecule has 24 heavy (non-hydrogen) atoms. The van der Waals surface area contributed by atoms with E-state index in [1.54, 1.807) is 0 Å². The highest BCUT2D eigenvalue weighted by Gasteiger charge is 2.12. The molecule has 0 fully saturated rings. The number of hydrogen-bond donors (Lipinski definition) is 0. The van der Waals surface area contributed by atoms with Gasteiger partial charge in [-0.1, -0.05) is 75.3 Å². The molecule has 4 rings (SSSR count). The Balaban J connectivity index is 1.83. The van der Waals surface area contributed by atoms with Crippen molar-refractivity contribution in [3.63, 3.8) is 0 Å². The number of hydrogen-bond acceptors (Lipinski definition) is 4. The summed E-state index contributed by atoms with van der Waals surface area (Å²) < 4.78 is 2.94. The van der Waals surface area contributed by atoms with Gasteiger partial charge in [-0.25, -0.2) is 0 Å². The molecule has 0 aliphatic carbocycles. The zero-order chi connectivity index (χ0) is 16.7. The van der Waals surface area contributed by atoms with Crippen LogP contribution >= 0.6 is 27.3 Å². The first-order chi connectivity index (χ1) is 11.6. The fourth-order valence-corrected chi connectivity index (χ4v) is 3.69. The third kappa shape index (κ3) is 2.68. The zero-order valence-electron chi connectivity index (χ0n) is 12.7. The number of fused-ring (bicyclic) bond motifs is 1. The van der Waals surface area contributed by atoms with Crippen molar-refractivity contribution in [2.75, 3.05) is 0 Å². The molecule has 118 valence electrons. The predicted octanol–water partition coefficient (Wildman–Crippen LogP) is 3.44. The van der Waals surface area contributed by atoms with Crippen molar-refractivity contribution in [2.45, 2.75) is 6.92 Å². The summed E-state index contributed by atoms with van der Waals surface area (Å²) in [7, 11) is 0. The van der Waals surface area contributed by atoms with Gasteiger partial charge in [0.25, 0.3) is 5.56 Å². The van der Waals surface area contributed by atoms with Gasteiger partial charge in [0.05, 0.1) is 4.53 Å². The monoisotopic (exact) mass is 397 g/mol. The van der Waals surface area contributed by atoms with Crippen LogP contribution in [0.3, 0.4) is 0 Å². The first kappa shape index (κ1) is 15.2. The number of thiazole rings is 1. The number of aryl methyl sites for hydroxylation is 1. The third-order valence-corrected chi connectivity index (χ3v) is 5.36. The highest BCUT2D eigenvalue weighted by Crippen LogP contribution is 2.18. The Morgan fingerprint density at radius 3 is 2.58 bits per heavy atom. The van der Waals surface area contributed by atoms with E-state index in [1.165, 1.54) is 21.4 Å². The number of halogens is 1. The molecule has 0 saturated carbocycles. The Bertz CT molecular complexity index is 1150. The largest absolute Gasteiger partial charge is 0.291 e. The normalized spacial score (nSPS) is 12.2. The fraction of sp³-hybridized carbons (Fsp3) is 0.0556. The number of aromatic nitrogens is 3. The van der Waals surface area contributed by atoms with Crippen LogP contribution in [0.5, 0.6) is 0 Å². The summed E-state index contributed by atoms with van der Waals surface area (Å²) in [4.78, 5) is 17.7. The maximum atomic E-state index is 12.6. The van der Waals surface area contributed by atoms with E-state index < -0.39 is 0 Å². The van der Waals surface area contributed by atoms with Gasteiger partial charge in [0.15, 0.2) is 5.82 Å². The first-order valence-electron chi connectivity index (χ1n) is 7.35. The average molecular weight is 398 g/mol. The fourth-order valence-electron chi connectivity index (χ4n) is 2.39. The van der Waals surface area contributed by atoms with E-state index in [-0.39, 0.29) is 5.56 Å². The Labute approximate surface area is 150 Å². The molecular formula is C18H12BrN3OS. The van der Waals surface area contributed by atoms with Gasteiger partial charge >= 0.3 is 0 Å². The lowest BCUT2D eigenvalue weighted by Gasteiger charge is -1.95. The van der Waals surface area contributed by atoms with Crippen LogP contribution in [0.15, 0.2) is 57.8 Å². The topological polar surface area (TPSA) is 47.3 Å². The second-order valence-electron chi connectivity index (χ2n) is 5.43. The van der Waals surface area contributed by atoms with Crippen molar-refractivity contribution >= 4 is 38.3 Å². The number of nitrogens with zero attached hydrogens (tertiary/aromatic N) is 3. The quantitative estimate of drug-likeness (QED) is 0.520. The highest BCUT2D eigenvalue weighted by atomic mass is 79.9. The first-order valence-corrected chi connectivity index (χ1v) is 8.95. The molecule has 6 heteroatoms. The molecule has 2 heterocycles. The lowest BCUT2D eigenvalue weighted by Crippen LogP contribution is -2.23. The standard InChI is InChI=1S/C18H12BrN3OS/c1-11-6-8-12(9-7-11)16-20-18-22(21-16)17(23)15(24-18)10-13-4-2-3-5-14(13)19/h2-10H,1H3. The van der Waals surface area contributed by atoms with E-state index in [2.05, 4.69) is 26.0 Å². The molecule has 0 spiro atoms. The third-order valence-electron chi connectivity index (χ3n) is 3.68. The number of rotatable bonds is 2. The minimum absolute atomic E-state index is 0.142. The maximum absolute atomic E-state index is 12.6. The molecule has 0 radical (unpaired) electrons. The van der Waals surface area contributed by atoms with Crippen molar-refractivity contribution in [2.24, 2.45) is 0 Å². The molecule has 0 N–H and O–H groups in total. The van der Waals surface area contributed by atoms with Crippen LogP contribution in [0, 0.1) is 6.92 Å². The summed E-state index contributed by atoms with van der Waals surface area (Å²) in [6, 6.07) is 15.7. The molecule has 2 aromatic heterocycles. The number of benzene rings is 2. The van der Waals surface area contributed by atoms with Crippen molar-refractivity contribution in [3.8, 4) is 11.4 Å². The van der Waals surface area contributed by atoms with Gasteiger partial charge < -0.3 is 0 Å². The van der Waals surface area contributed by atoms with Crippen LogP contribution in [-0.4, -0.2) is 14.6 Å². The summed E-state index contributed by atoms with van der Waals surface area (Å²) in [5.74, 6) is 0.575. The van der Waals surface area contributed by atoms with Gasteiger partial charge in [0.1, 0.15) is 0 Å². The molecule has 0 bridgehead atoms. The highest BCUT2D eigenvalue weighted by molar-refractivity contribution is 9.10. The van der Waals surface area contributed by atoms with Crippen LogP contribution < -0.4 is 10.1 Å². The summed E-state index contributed by atoms with van der Waals surface area (Å²) >= 11 is 4.84. The molecule has 0 amide bonds. The van der Waals surface area contributed by atoms with Crippen molar-refractivity contribution < 1.29 is 0 Å². The Morgan fingerprint density at radius 2 is 1.88 bits per heavy atom. The second kappa shape index (κ2) is 5.96. The summed E-state index contributed by atoms with van der Waals surface area (Å²) in [6.07, 6.45) is 1.86. The summed E-state index contributed by atoms with van der Waals surface area (Å²) in [5, 5.41) is 4.37. The van der Waals surface area contributed by atoms with Crippen LogP contribution in [0.1, 0.15) is 11.1 Å². The molecule has 0 aliphatic rings. The van der Waals surface area contributed by atoms with Crippen LogP contribution in [0.25, 0.3) is 22.4 Å². The van der Waals surface area contributed by atoms with E-state index in [1.807, 2.05) is 61.5 Å². The lowest BCUT2D eigenvalue weighted by molar-refractivity contribution is 0.937. The van der Waals surface area contributed by atoms with Crippen LogP contribution in [0.4, 0.5) is 0 Å². The van der Waals surface area contributed by atoms with Crippen LogP contribution in [-0.2, 0) is 0 Å². The molecule has 0 saturated heterocycles. The van der Waals surface area contributed by atoms with Crippen LogP contribution in [0.2, 0.25) is 0 Å². The van der Waals surface area contributed by atoms with E-state index in [0.29, 0.717) is 15.3 Å². The van der Waals surface area contributed by atoms with E-state index in [4.69, 9.17) is 0 Å². The van der Waals surface area contributed by atoms with Gasteiger partial charge in [-0.2, -0.15) is 9.50 Å². The molecule has 4 nitrogen and oxygen atoms in total. The predicted molar refractivity (Wildman–Crippen MR) is 100 cm³/mol. The summed E-state index contributed by atoms with van der Waals surface area (Å²) in [6.45, 7) is 2.03. The van der Waals surface area contributed by atoms with Gasteiger partial charge in [-0.3, -0.25) is 4.79 Å².